The Hall–Kier alpha value is -3.42. The van der Waals surface area contributed by atoms with Gasteiger partial charge < -0.3 is 14.8 Å². The number of hydrogen-bond acceptors (Lipinski definition) is 6. The Kier molecular flexibility index (Phi) is 3.34. The molecule has 0 fully saturated rings. The molecular formula is C16H13N5O3. The Balaban J connectivity index is 1.59. The second-order valence-electron chi connectivity index (χ2n) is 5.28. The van der Waals surface area contributed by atoms with Gasteiger partial charge in [-0.3, -0.25) is 4.79 Å². The van der Waals surface area contributed by atoms with Crippen molar-refractivity contribution in [1.29, 1.82) is 0 Å². The number of aromatic nitrogens is 4. The Labute approximate surface area is 137 Å². The number of rotatable bonds is 3. The van der Waals surface area contributed by atoms with E-state index in [0.29, 0.717) is 22.7 Å². The molecular weight excluding hydrogens is 310 g/mol. The smallest absolute Gasteiger partial charge is 0.255 e. The van der Waals surface area contributed by atoms with E-state index in [1.807, 2.05) is 25.1 Å². The van der Waals surface area contributed by atoms with Crippen molar-refractivity contribution in [3.8, 4) is 17.2 Å². The molecule has 0 spiro atoms. The summed E-state index contributed by atoms with van der Waals surface area (Å²) in [5.41, 5.74) is 2.92. The van der Waals surface area contributed by atoms with E-state index in [0.717, 1.165) is 11.3 Å². The summed E-state index contributed by atoms with van der Waals surface area (Å²) in [7, 11) is 0. The number of fused-ring (bicyclic) bond motifs is 1. The van der Waals surface area contributed by atoms with Crippen LogP contribution in [0, 0.1) is 6.92 Å². The van der Waals surface area contributed by atoms with Gasteiger partial charge in [0.15, 0.2) is 11.5 Å². The number of carbonyl (C=O) groups excluding carboxylic acids is 1. The number of nitrogens with zero attached hydrogens (tertiary/aromatic N) is 4. The van der Waals surface area contributed by atoms with Crippen LogP contribution in [0.5, 0.6) is 11.5 Å². The van der Waals surface area contributed by atoms with Crippen molar-refractivity contribution in [3.05, 3.63) is 53.9 Å². The van der Waals surface area contributed by atoms with E-state index in [4.69, 9.17) is 9.47 Å². The molecule has 4 rings (SSSR count). The highest BCUT2D eigenvalue weighted by molar-refractivity contribution is 6.04. The van der Waals surface area contributed by atoms with Gasteiger partial charge in [-0.15, -0.1) is 5.10 Å². The molecule has 0 saturated heterocycles. The normalized spacial score (nSPS) is 12.2. The predicted molar refractivity (Wildman–Crippen MR) is 84.4 cm³/mol. The number of benzene rings is 2. The Morgan fingerprint density at radius 2 is 2.04 bits per heavy atom. The zero-order chi connectivity index (χ0) is 16.5. The highest BCUT2D eigenvalue weighted by atomic mass is 16.7. The number of anilines is 1. The monoisotopic (exact) mass is 323 g/mol. The first-order valence-corrected chi connectivity index (χ1v) is 7.26. The molecule has 8 nitrogen and oxygen atoms in total. The van der Waals surface area contributed by atoms with Gasteiger partial charge in [-0.1, -0.05) is 6.07 Å². The Morgan fingerprint density at radius 3 is 2.88 bits per heavy atom. The average Bonchev–Trinajstić information content (AvgIpc) is 3.27. The van der Waals surface area contributed by atoms with E-state index in [9.17, 15) is 4.79 Å². The highest BCUT2D eigenvalue weighted by Gasteiger charge is 2.16. The minimum Gasteiger partial charge on any atom is -0.454 e. The molecule has 1 amide bonds. The first-order chi connectivity index (χ1) is 11.7. The maximum Gasteiger partial charge on any atom is 0.255 e. The minimum absolute atomic E-state index is 0.174. The lowest BCUT2D eigenvalue weighted by Gasteiger charge is -2.10. The van der Waals surface area contributed by atoms with Gasteiger partial charge in [0, 0.05) is 11.3 Å². The van der Waals surface area contributed by atoms with Crippen LogP contribution < -0.4 is 14.8 Å². The molecule has 0 unspecified atom stereocenters. The summed E-state index contributed by atoms with van der Waals surface area (Å²) in [5.74, 6) is 0.976. The van der Waals surface area contributed by atoms with Gasteiger partial charge in [0.05, 0.1) is 5.69 Å². The molecule has 8 heteroatoms. The number of amides is 1. The predicted octanol–water partition coefficient (Wildman–Crippen LogP) is 1.95. The molecule has 1 N–H and O–H groups in total. The Bertz CT molecular complexity index is 908. The van der Waals surface area contributed by atoms with Crippen LogP contribution >= 0.6 is 0 Å². The number of ether oxygens (including phenoxy) is 2. The fourth-order valence-electron chi connectivity index (χ4n) is 2.45. The standard InChI is InChI=1S/C16H13N5O3/c1-10-2-4-12(7-13(10)21-8-17-19-20-21)18-16(22)11-3-5-14-15(6-11)24-9-23-14/h2-8H,9H2,1H3,(H,18,22). The van der Waals surface area contributed by atoms with Crippen molar-refractivity contribution in [1.82, 2.24) is 20.2 Å². The van der Waals surface area contributed by atoms with E-state index in [2.05, 4.69) is 20.8 Å². The third kappa shape index (κ3) is 2.54. The van der Waals surface area contributed by atoms with Gasteiger partial charge in [-0.2, -0.15) is 0 Å². The van der Waals surface area contributed by atoms with Crippen LogP contribution in [-0.4, -0.2) is 32.9 Å². The molecule has 2 aromatic carbocycles. The highest BCUT2D eigenvalue weighted by Crippen LogP contribution is 2.32. The van der Waals surface area contributed by atoms with E-state index >= 15 is 0 Å². The largest absolute Gasteiger partial charge is 0.454 e. The van der Waals surface area contributed by atoms with Crippen LogP contribution in [0.25, 0.3) is 5.69 Å². The van der Waals surface area contributed by atoms with Crippen molar-refractivity contribution in [3.63, 3.8) is 0 Å². The maximum atomic E-state index is 12.4. The molecule has 0 bridgehead atoms. The number of nitrogens with one attached hydrogen (secondary N) is 1. The number of carbonyl (C=O) groups is 1. The summed E-state index contributed by atoms with van der Waals surface area (Å²) in [5, 5.41) is 14.0. The summed E-state index contributed by atoms with van der Waals surface area (Å²) >= 11 is 0. The van der Waals surface area contributed by atoms with Gasteiger partial charge in [-0.25, -0.2) is 4.68 Å². The minimum atomic E-state index is -0.236. The third-order valence-corrected chi connectivity index (χ3v) is 3.70. The SMILES string of the molecule is Cc1ccc(NC(=O)c2ccc3c(c2)OCO3)cc1-n1cnnn1. The molecule has 3 aromatic rings. The van der Waals surface area contributed by atoms with Crippen LogP contribution in [0.3, 0.4) is 0 Å². The maximum absolute atomic E-state index is 12.4. The van der Waals surface area contributed by atoms with E-state index in [1.54, 1.807) is 22.9 Å². The molecule has 2 heterocycles. The number of tetrazole rings is 1. The van der Waals surface area contributed by atoms with Gasteiger partial charge in [0.1, 0.15) is 6.33 Å². The summed E-state index contributed by atoms with van der Waals surface area (Å²) in [4.78, 5) is 12.4. The van der Waals surface area contributed by atoms with Crippen LogP contribution in [0.1, 0.15) is 15.9 Å². The lowest BCUT2D eigenvalue weighted by atomic mass is 10.1. The molecule has 120 valence electrons. The molecule has 1 aliphatic heterocycles. The summed E-state index contributed by atoms with van der Waals surface area (Å²) < 4.78 is 12.1. The molecule has 24 heavy (non-hydrogen) atoms. The molecule has 0 saturated carbocycles. The fourth-order valence-corrected chi connectivity index (χ4v) is 2.45. The number of hydrogen-bond donors (Lipinski definition) is 1. The van der Waals surface area contributed by atoms with Crippen LogP contribution in [0.2, 0.25) is 0 Å². The van der Waals surface area contributed by atoms with Crippen molar-refractivity contribution >= 4 is 11.6 Å². The zero-order valence-corrected chi connectivity index (χ0v) is 12.8. The van der Waals surface area contributed by atoms with Gasteiger partial charge in [0.2, 0.25) is 6.79 Å². The fraction of sp³-hybridized carbons (Fsp3) is 0.125. The van der Waals surface area contributed by atoms with Crippen LogP contribution in [-0.2, 0) is 0 Å². The second kappa shape index (κ2) is 5.65. The van der Waals surface area contributed by atoms with Crippen LogP contribution in [0.15, 0.2) is 42.7 Å². The van der Waals surface area contributed by atoms with Gasteiger partial charge >= 0.3 is 0 Å². The van der Waals surface area contributed by atoms with E-state index in [-0.39, 0.29) is 12.7 Å². The molecule has 0 atom stereocenters. The first-order valence-electron chi connectivity index (χ1n) is 7.26. The van der Waals surface area contributed by atoms with Crippen molar-refractivity contribution < 1.29 is 14.3 Å². The quantitative estimate of drug-likeness (QED) is 0.792. The van der Waals surface area contributed by atoms with Gasteiger partial charge in [-0.05, 0) is 53.2 Å². The summed E-state index contributed by atoms with van der Waals surface area (Å²) in [6.07, 6.45) is 1.51. The lowest BCUT2D eigenvalue weighted by molar-refractivity contribution is 0.102. The third-order valence-electron chi connectivity index (χ3n) is 3.70. The molecule has 1 aromatic heterocycles. The first kappa shape index (κ1) is 14.2. The van der Waals surface area contributed by atoms with Gasteiger partial charge in [0.25, 0.3) is 5.91 Å². The van der Waals surface area contributed by atoms with Crippen molar-refractivity contribution in [2.75, 3.05) is 12.1 Å². The molecule has 0 aliphatic carbocycles. The van der Waals surface area contributed by atoms with E-state index < -0.39 is 0 Å². The average molecular weight is 323 g/mol. The zero-order valence-electron chi connectivity index (χ0n) is 12.8. The molecule has 0 radical (unpaired) electrons. The van der Waals surface area contributed by atoms with Crippen molar-refractivity contribution in [2.45, 2.75) is 6.92 Å². The number of aryl methyl sites for hydroxylation is 1. The summed E-state index contributed by atoms with van der Waals surface area (Å²) in [6.45, 7) is 2.12. The van der Waals surface area contributed by atoms with Crippen molar-refractivity contribution in [2.24, 2.45) is 0 Å². The summed E-state index contributed by atoms with van der Waals surface area (Å²) in [6, 6.07) is 10.6. The Morgan fingerprint density at radius 1 is 1.17 bits per heavy atom. The molecule has 1 aliphatic rings. The topological polar surface area (TPSA) is 91.2 Å². The second-order valence-corrected chi connectivity index (χ2v) is 5.28. The van der Waals surface area contributed by atoms with Crippen LogP contribution in [0.4, 0.5) is 5.69 Å². The lowest BCUT2D eigenvalue weighted by Crippen LogP contribution is -2.12. The van der Waals surface area contributed by atoms with E-state index in [1.165, 1.54) is 6.33 Å².